The van der Waals surface area contributed by atoms with Crippen molar-refractivity contribution in [1.29, 1.82) is 0 Å². The van der Waals surface area contributed by atoms with Gasteiger partial charge >= 0.3 is 5.97 Å². The van der Waals surface area contributed by atoms with Gasteiger partial charge in [0.05, 0.1) is 12.7 Å². The maximum absolute atomic E-state index is 12.5. The summed E-state index contributed by atoms with van der Waals surface area (Å²) in [5.41, 5.74) is 10.3. The number of hydrogen-bond donors (Lipinski definition) is 1. The summed E-state index contributed by atoms with van der Waals surface area (Å²) < 4.78 is 5.23. The Labute approximate surface area is 236 Å². The number of carbonyl (C=O) groups is 1. The molecule has 0 saturated carbocycles. The second kappa shape index (κ2) is 14.3. The van der Waals surface area contributed by atoms with E-state index in [2.05, 4.69) is 46.4 Å². The van der Waals surface area contributed by atoms with E-state index >= 15 is 0 Å². The first kappa shape index (κ1) is 28.8. The third-order valence-corrected chi connectivity index (χ3v) is 13.0. The standard InChI is InChI=1S/C33H35N3O3Si/c1-2-39-33(38)24-23-30(35-36-34)32(25-31(37)26-15-7-3-8-16-26)40(27-17-9-4-10-18-27,28-19-11-5-12-20-28)29-21-13-6-14-22-29/h3-22,30-32,37H,2,23-25H2,1H3/t30?,31-,32-/m0/s1. The lowest BCUT2D eigenvalue weighted by Gasteiger charge is -2.44. The van der Waals surface area contributed by atoms with Crippen LogP contribution >= 0.6 is 0 Å². The van der Waals surface area contributed by atoms with E-state index in [1.807, 2.05) is 84.9 Å². The number of azide groups is 1. The van der Waals surface area contributed by atoms with Crippen LogP contribution in [0.5, 0.6) is 0 Å². The molecular formula is C33H35N3O3Si. The molecule has 0 bridgehead atoms. The minimum atomic E-state index is -3.02. The summed E-state index contributed by atoms with van der Waals surface area (Å²) in [7, 11) is -3.02. The Bertz CT molecular complexity index is 1290. The van der Waals surface area contributed by atoms with Gasteiger partial charge in [0, 0.05) is 17.4 Å². The molecule has 0 aliphatic heterocycles. The summed E-state index contributed by atoms with van der Waals surface area (Å²) in [5, 5.41) is 19.4. The Hall–Kier alpha value is -4.16. The molecule has 4 aromatic rings. The summed E-state index contributed by atoms with van der Waals surface area (Å²) in [5.74, 6) is -0.325. The highest BCUT2D eigenvalue weighted by Gasteiger charge is 2.49. The van der Waals surface area contributed by atoms with E-state index in [-0.39, 0.29) is 24.5 Å². The van der Waals surface area contributed by atoms with Gasteiger partial charge in [-0.3, -0.25) is 4.79 Å². The largest absolute Gasteiger partial charge is 0.466 e. The lowest BCUT2D eigenvalue weighted by atomic mass is 9.99. The minimum absolute atomic E-state index is 0.123. The van der Waals surface area contributed by atoms with E-state index in [9.17, 15) is 15.4 Å². The van der Waals surface area contributed by atoms with Crippen molar-refractivity contribution in [1.82, 2.24) is 0 Å². The Morgan fingerprint density at radius 3 is 1.70 bits per heavy atom. The number of aliphatic hydroxyl groups is 1. The van der Waals surface area contributed by atoms with Crippen molar-refractivity contribution in [2.24, 2.45) is 5.11 Å². The van der Waals surface area contributed by atoms with Crippen LogP contribution < -0.4 is 15.6 Å². The number of ether oxygens (including phenoxy) is 1. The monoisotopic (exact) mass is 549 g/mol. The predicted molar refractivity (Wildman–Crippen MR) is 163 cm³/mol. The summed E-state index contributed by atoms with van der Waals surface area (Å²) in [6.45, 7) is 2.07. The Balaban J connectivity index is 1.99. The van der Waals surface area contributed by atoms with E-state index in [0.717, 1.165) is 21.1 Å². The summed E-state index contributed by atoms with van der Waals surface area (Å²) in [6, 6.07) is 40.1. The zero-order valence-electron chi connectivity index (χ0n) is 22.7. The molecule has 0 aliphatic rings. The molecule has 0 saturated heterocycles. The third kappa shape index (κ3) is 6.51. The number of benzene rings is 4. The molecule has 40 heavy (non-hydrogen) atoms. The van der Waals surface area contributed by atoms with Crippen molar-refractivity contribution in [2.75, 3.05) is 6.61 Å². The summed E-state index contributed by atoms with van der Waals surface area (Å²) in [4.78, 5) is 15.8. The normalized spacial score (nSPS) is 13.4. The van der Waals surface area contributed by atoms with Crippen LogP contribution in [0.2, 0.25) is 5.54 Å². The minimum Gasteiger partial charge on any atom is -0.466 e. The molecule has 0 aliphatic carbocycles. The molecule has 6 nitrogen and oxygen atoms in total. The number of hydrogen-bond acceptors (Lipinski definition) is 4. The average molecular weight is 550 g/mol. The van der Waals surface area contributed by atoms with Crippen molar-refractivity contribution < 1.29 is 14.6 Å². The predicted octanol–water partition coefficient (Wildman–Crippen LogP) is 5.67. The molecule has 1 N–H and O–H groups in total. The number of carbonyl (C=O) groups excluding carboxylic acids is 1. The average Bonchev–Trinajstić information content (AvgIpc) is 3.01. The highest BCUT2D eigenvalue weighted by atomic mass is 28.3. The van der Waals surface area contributed by atoms with E-state index in [1.165, 1.54) is 0 Å². The molecule has 3 atom stereocenters. The van der Waals surface area contributed by atoms with Crippen molar-refractivity contribution in [3.63, 3.8) is 0 Å². The van der Waals surface area contributed by atoms with Gasteiger partial charge in [-0.15, -0.1) is 0 Å². The van der Waals surface area contributed by atoms with Crippen molar-refractivity contribution >= 4 is 29.6 Å². The molecule has 4 rings (SSSR count). The number of esters is 1. The first-order valence-electron chi connectivity index (χ1n) is 13.7. The van der Waals surface area contributed by atoms with Gasteiger partial charge in [-0.25, -0.2) is 0 Å². The number of rotatable bonds is 13. The first-order chi connectivity index (χ1) is 19.6. The Kier molecular flexibility index (Phi) is 10.3. The third-order valence-electron chi connectivity index (χ3n) is 7.52. The van der Waals surface area contributed by atoms with E-state index in [0.29, 0.717) is 12.8 Å². The highest BCUT2D eigenvalue weighted by molar-refractivity contribution is 7.12. The molecule has 7 heteroatoms. The number of aliphatic hydroxyl groups excluding tert-OH is 1. The van der Waals surface area contributed by atoms with Crippen LogP contribution in [0.4, 0.5) is 0 Å². The second-order valence-corrected chi connectivity index (χ2v) is 13.9. The molecule has 4 aromatic carbocycles. The highest BCUT2D eigenvalue weighted by Crippen LogP contribution is 2.38. The molecule has 204 valence electrons. The molecule has 0 amide bonds. The zero-order valence-corrected chi connectivity index (χ0v) is 23.7. The van der Waals surface area contributed by atoms with Crippen LogP contribution in [0, 0.1) is 0 Å². The summed E-state index contributed by atoms with van der Waals surface area (Å²) >= 11 is 0. The van der Waals surface area contributed by atoms with Crippen molar-refractivity contribution in [3.05, 3.63) is 137 Å². The molecule has 1 unspecified atom stereocenters. The van der Waals surface area contributed by atoms with Crippen LogP contribution in [-0.4, -0.2) is 31.8 Å². The lowest BCUT2D eigenvalue weighted by Crippen LogP contribution is -2.71. The molecule has 0 heterocycles. The smallest absolute Gasteiger partial charge is 0.305 e. The summed E-state index contributed by atoms with van der Waals surface area (Å²) in [6.07, 6.45) is -0.0102. The molecule has 0 aromatic heterocycles. The lowest BCUT2D eigenvalue weighted by molar-refractivity contribution is -0.143. The Morgan fingerprint density at radius 2 is 1.27 bits per heavy atom. The van der Waals surface area contributed by atoms with Crippen LogP contribution in [0.3, 0.4) is 0 Å². The van der Waals surface area contributed by atoms with Gasteiger partial charge in [-0.1, -0.05) is 126 Å². The molecule has 0 radical (unpaired) electrons. The van der Waals surface area contributed by atoms with Crippen LogP contribution in [-0.2, 0) is 9.53 Å². The van der Waals surface area contributed by atoms with Crippen molar-refractivity contribution in [3.8, 4) is 0 Å². The maximum Gasteiger partial charge on any atom is 0.305 e. The van der Waals surface area contributed by atoms with Gasteiger partial charge in [-0.05, 0) is 52.0 Å². The first-order valence-corrected chi connectivity index (χ1v) is 15.8. The molecule has 0 fully saturated rings. The van der Waals surface area contributed by atoms with Gasteiger partial charge in [0.1, 0.15) is 0 Å². The maximum atomic E-state index is 12.5. The van der Waals surface area contributed by atoms with Crippen LogP contribution in [0.15, 0.2) is 126 Å². The van der Waals surface area contributed by atoms with Gasteiger partial charge in [0.2, 0.25) is 0 Å². The van der Waals surface area contributed by atoms with E-state index < -0.39 is 20.2 Å². The van der Waals surface area contributed by atoms with E-state index in [1.54, 1.807) is 6.92 Å². The van der Waals surface area contributed by atoms with Gasteiger partial charge in [0.25, 0.3) is 0 Å². The van der Waals surface area contributed by atoms with Gasteiger partial charge in [0.15, 0.2) is 8.07 Å². The second-order valence-electron chi connectivity index (χ2n) is 9.79. The molecular weight excluding hydrogens is 514 g/mol. The van der Waals surface area contributed by atoms with Gasteiger partial charge < -0.3 is 9.84 Å². The fraction of sp³-hybridized carbons (Fsp3) is 0.242. The quantitative estimate of drug-likeness (QED) is 0.0581. The van der Waals surface area contributed by atoms with Crippen LogP contribution in [0.25, 0.3) is 10.4 Å². The SMILES string of the molecule is CCOC(=O)CCC(N=[N+]=[N-])[C@H](C[C@H](O)c1ccccc1)[Si](c1ccccc1)(c1ccccc1)c1ccccc1. The van der Waals surface area contributed by atoms with Crippen LogP contribution in [0.1, 0.15) is 37.9 Å². The Morgan fingerprint density at radius 1 is 0.825 bits per heavy atom. The molecule has 0 spiro atoms. The zero-order chi connectivity index (χ0) is 28.2. The van der Waals surface area contributed by atoms with Gasteiger partial charge in [-0.2, -0.15) is 0 Å². The van der Waals surface area contributed by atoms with Crippen molar-refractivity contribution in [2.45, 2.75) is 43.9 Å². The topological polar surface area (TPSA) is 95.3 Å². The fourth-order valence-electron chi connectivity index (χ4n) is 5.82. The number of nitrogens with zero attached hydrogens (tertiary/aromatic N) is 3. The fourth-order valence-corrected chi connectivity index (χ4v) is 11.7. The van der Waals surface area contributed by atoms with E-state index in [4.69, 9.17) is 4.74 Å².